The van der Waals surface area contributed by atoms with Gasteiger partial charge < -0.3 is 10.6 Å². The average Bonchev–Trinajstić information content (AvgIpc) is 2.74. The summed E-state index contributed by atoms with van der Waals surface area (Å²) in [4.78, 5) is 3.31. The van der Waals surface area contributed by atoms with Crippen LogP contribution in [0.4, 0.5) is 5.69 Å². The van der Waals surface area contributed by atoms with Gasteiger partial charge in [0.15, 0.2) is 0 Å². The number of rotatable bonds is 4. The Morgan fingerprint density at radius 2 is 2.00 bits per heavy atom. The molecule has 0 bridgehead atoms. The van der Waals surface area contributed by atoms with Crippen molar-refractivity contribution in [1.82, 2.24) is 0 Å². The summed E-state index contributed by atoms with van der Waals surface area (Å²) >= 11 is 13.8. The standard InChI is InChI=1S/C13H14Cl2N2S/c1-17(8-10-3-5-13(15)18-10)12-4-2-9(7-16)6-11(12)14/h2-6H,7-8,16H2,1H3. The first kappa shape index (κ1) is 13.7. The predicted molar refractivity (Wildman–Crippen MR) is 80.8 cm³/mol. The Kier molecular flexibility index (Phi) is 4.51. The van der Waals surface area contributed by atoms with E-state index in [-0.39, 0.29) is 0 Å². The largest absolute Gasteiger partial charge is 0.368 e. The number of thiophene rings is 1. The highest BCUT2D eigenvalue weighted by atomic mass is 35.5. The molecule has 5 heteroatoms. The normalized spacial score (nSPS) is 10.7. The summed E-state index contributed by atoms with van der Waals surface area (Å²) in [5.41, 5.74) is 7.62. The highest BCUT2D eigenvalue weighted by Crippen LogP contribution is 2.29. The van der Waals surface area contributed by atoms with Gasteiger partial charge in [-0.3, -0.25) is 0 Å². The molecular formula is C13H14Cl2N2S. The van der Waals surface area contributed by atoms with E-state index in [1.54, 1.807) is 11.3 Å². The van der Waals surface area contributed by atoms with Gasteiger partial charge in [-0.1, -0.05) is 29.3 Å². The van der Waals surface area contributed by atoms with Crippen LogP contribution >= 0.6 is 34.5 Å². The van der Waals surface area contributed by atoms with E-state index in [0.29, 0.717) is 6.54 Å². The van der Waals surface area contributed by atoms with Gasteiger partial charge in [0.05, 0.1) is 21.6 Å². The number of anilines is 1. The van der Waals surface area contributed by atoms with Crippen LogP contribution in [0.1, 0.15) is 10.4 Å². The van der Waals surface area contributed by atoms with Crippen LogP contribution in [0.25, 0.3) is 0 Å². The van der Waals surface area contributed by atoms with Crippen LogP contribution < -0.4 is 10.6 Å². The summed E-state index contributed by atoms with van der Waals surface area (Å²) in [5.74, 6) is 0. The first-order chi connectivity index (χ1) is 8.60. The van der Waals surface area contributed by atoms with E-state index in [1.807, 2.05) is 37.4 Å². The van der Waals surface area contributed by atoms with Gasteiger partial charge in [-0.25, -0.2) is 0 Å². The maximum atomic E-state index is 6.25. The first-order valence-corrected chi connectivity index (χ1v) is 7.11. The third kappa shape index (κ3) is 3.18. The van der Waals surface area contributed by atoms with E-state index in [4.69, 9.17) is 28.9 Å². The lowest BCUT2D eigenvalue weighted by Crippen LogP contribution is -2.16. The fourth-order valence-corrected chi connectivity index (χ4v) is 3.23. The van der Waals surface area contributed by atoms with Crippen LogP contribution in [-0.2, 0) is 13.1 Å². The average molecular weight is 301 g/mol. The van der Waals surface area contributed by atoms with Gasteiger partial charge in [0.2, 0.25) is 0 Å². The van der Waals surface area contributed by atoms with Crippen molar-refractivity contribution in [1.29, 1.82) is 0 Å². The van der Waals surface area contributed by atoms with Crippen molar-refractivity contribution < 1.29 is 0 Å². The van der Waals surface area contributed by atoms with E-state index < -0.39 is 0 Å². The predicted octanol–water partition coefficient (Wildman–Crippen LogP) is 4.15. The Balaban J connectivity index is 2.15. The second kappa shape index (κ2) is 5.93. The Hall–Kier alpha value is -0.740. The molecule has 0 aliphatic carbocycles. The summed E-state index contributed by atoms with van der Waals surface area (Å²) in [7, 11) is 2.01. The number of hydrogen-bond acceptors (Lipinski definition) is 3. The fraction of sp³-hybridized carbons (Fsp3) is 0.231. The molecular weight excluding hydrogens is 287 g/mol. The number of halogens is 2. The monoisotopic (exact) mass is 300 g/mol. The molecule has 0 saturated heterocycles. The second-order valence-corrected chi connectivity index (χ2v) is 6.26. The third-order valence-corrected chi connectivity index (χ3v) is 4.20. The maximum absolute atomic E-state index is 6.25. The molecule has 96 valence electrons. The van der Waals surface area contributed by atoms with Crippen molar-refractivity contribution in [3.8, 4) is 0 Å². The number of benzene rings is 1. The molecule has 2 aromatic rings. The van der Waals surface area contributed by atoms with Gasteiger partial charge in [-0.15, -0.1) is 11.3 Å². The van der Waals surface area contributed by atoms with Crippen molar-refractivity contribution in [2.24, 2.45) is 5.73 Å². The van der Waals surface area contributed by atoms with Gasteiger partial charge in [-0.05, 0) is 29.8 Å². The minimum absolute atomic E-state index is 0.504. The van der Waals surface area contributed by atoms with Crippen molar-refractivity contribution in [3.63, 3.8) is 0 Å². The molecule has 0 unspecified atom stereocenters. The van der Waals surface area contributed by atoms with E-state index in [9.17, 15) is 0 Å². The topological polar surface area (TPSA) is 29.3 Å². The molecule has 0 saturated carbocycles. The first-order valence-electron chi connectivity index (χ1n) is 5.54. The second-order valence-electron chi connectivity index (χ2n) is 4.05. The van der Waals surface area contributed by atoms with Crippen LogP contribution in [0.2, 0.25) is 9.36 Å². The molecule has 0 radical (unpaired) electrons. The zero-order valence-electron chi connectivity index (χ0n) is 9.99. The molecule has 0 aliphatic heterocycles. The zero-order valence-corrected chi connectivity index (χ0v) is 12.3. The van der Waals surface area contributed by atoms with E-state index in [2.05, 4.69) is 4.90 Å². The Morgan fingerprint density at radius 1 is 1.22 bits per heavy atom. The maximum Gasteiger partial charge on any atom is 0.0931 e. The molecule has 2 nitrogen and oxygen atoms in total. The van der Waals surface area contributed by atoms with Crippen LogP contribution in [-0.4, -0.2) is 7.05 Å². The van der Waals surface area contributed by atoms with Crippen molar-refractivity contribution in [2.75, 3.05) is 11.9 Å². The van der Waals surface area contributed by atoms with Crippen molar-refractivity contribution >= 4 is 40.2 Å². The molecule has 2 N–H and O–H groups in total. The van der Waals surface area contributed by atoms with E-state index in [0.717, 1.165) is 27.2 Å². The third-order valence-electron chi connectivity index (χ3n) is 2.68. The molecule has 0 spiro atoms. The van der Waals surface area contributed by atoms with Gasteiger partial charge in [0.25, 0.3) is 0 Å². The van der Waals surface area contributed by atoms with Crippen LogP contribution in [0, 0.1) is 0 Å². The van der Waals surface area contributed by atoms with Gasteiger partial charge >= 0.3 is 0 Å². The van der Waals surface area contributed by atoms with E-state index >= 15 is 0 Å². The zero-order chi connectivity index (χ0) is 13.1. The summed E-state index contributed by atoms with van der Waals surface area (Å²) in [6, 6.07) is 9.85. The highest BCUT2D eigenvalue weighted by molar-refractivity contribution is 7.16. The smallest absolute Gasteiger partial charge is 0.0931 e. The lowest BCUT2D eigenvalue weighted by atomic mass is 10.2. The summed E-state index contributed by atoms with van der Waals surface area (Å²) in [6.45, 7) is 1.29. The molecule has 2 rings (SSSR count). The molecule has 0 aliphatic rings. The molecule has 0 amide bonds. The Bertz CT molecular complexity index is 540. The number of hydrogen-bond donors (Lipinski definition) is 1. The quantitative estimate of drug-likeness (QED) is 0.919. The molecule has 0 atom stereocenters. The highest BCUT2D eigenvalue weighted by Gasteiger charge is 2.08. The minimum Gasteiger partial charge on any atom is -0.368 e. The fourth-order valence-electron chi connectivity index (χ4n) is 1.74. The van der Waals surface area contributed by atoms with Gasteiger partial charge in [-0.2, -0.15) is 0 Å². The van der Waals surface area contributed by atoms with Crippen molar-refractivity contribution in [3.05, 3.63) is 50.1 Å². The SMILES string of the molecule is CN(Cc1ccc(Cl)s1)c1ccc(CN)cc1Cl. The molecule has 1 aromatic heterocycles. The van der Waals surface area contributed by atoms with Gasteiger partial charge in [0.1, 0.15) is 0 Å². The number of nitrogens with two attached hydrogens (primary N) is 1. The molecule has 1 heterocycles. The summed E-state index contributed by atoms with van der Waals surface area (Å²) in [5, 5.41) is 0.725. The van der Waals surface area contributed by atoms with Crippen LogP contribution in [0.5, 0.6) is 0 Å². The summed E-state index contributed by atoms with van der Waals surface area (Å²) < 4.78 is 0.808. The lowest BCUT2D eigenvalue weighted by Gasteiger charge is -2.20. The Labute approximate surface area is 121 Å². The van der Waals surface area contributed by atoms with Crippen LogP contribution in [0.3, 0.4) is 0 Å². The van der Waals surface area contributed by atoms with E-state index in [1.165, 1.54) is 4.88 Å². The van der Waals surface area contributed by atoms with Crippen molar-refractivity contribution in [2.45, 2.75) is 13.1 Å². The van der Waals surface area contributed by atoms with Crippen LogP contribution in [0.15, 0.2) is 30.3 Å². The lowest BCUT2D eigenvalue weighted by molar-refractivity contribution is 0.938. The van der Waals surface area contributed by atoms with Gasteiger partial charge in [0, 0.05) is 18.5 Å². The number of nitrogens with zero attached hydrogens (tertiary/aromatic N) is 1. The molecule has 18 heavy (non-hydrogen) atoms. The molecule has 1 aromatic carbocycles. The molecule has 0 fully saturated rings. The minimum atomic E-state index is 0.504. The Morgan fingerprint density at radius 3 is 2.56 bits per heavy atom. The summed E-state index contributed by atoms with van der Waals surface area (Å²) in [6.07, 6.45) is 0.